The first-order valence-corrected chi connectivity index (χ1v) is 11.1. The fourth-order valence-corrected chi connectivity index (χ4v) is 6.31. The van der Waals surface area contributed by atoms with Gasteiger partial charge >= 0.3 is 62.6 Å². The van der Waals surface area contributed by atoms with E-state index in [1.807, 2.05) is 0 Å². The van der Waals surface area contributed by atoms with Gasteiger partial charge in [-0.3, -0.25) is 0 Å². The molecular weight excluding hydrogens is 292 g/mol. The Balaban J connectivity index is 1.69. The summed E-state index contributed by atoms with van der Waals surface area (Å²) in [5.41, 5.74) is 0. The summed E-state index contributed by atoms with van der Waals surface area (Å²) in [6.07, 6.45) is 0. The molecule has 0 aliphatic heterocycles. The van der Waals surface area contributed by atoms with E-state index in [2.05, 4.69) is 20.4 Å². The van der Waals surface area contributed by atoms with Crippen molar-refractivity contribution < 1.29 is 11.7 Å². The van der Waals surface area contributed by atoms with Crippen LogP contribution in [0.4, 0.5) is 0 Å². The van der Waals surface area contributed by atoms with E-state index in [1.54, 1.807) is 0 Å². The van der Waals surface area contributed by atoms with E-state index >= 15 is 0 Å². The summed E-state index contributed by atoms with van der Waals surface area (Å²) in [6.45, 7) is 0. The molecule has 0 saturated carbocycles. The van der Waals surface area contributed by atoms with Gasteiger partial charge in [-0.1, -0.05) is 0 Å². The molecule has 0 N–H and O–H groups in total. The Hall–Kier alpha value is 0.720. The monoisotopic (exact) mass is 298 g/mol. The van der Waals surface area contributed by atoms with Crippen molar-refractivity contribution in [3.63, 3.8) is 0 Å². The molecule has 16 heavy (non-hydrogen) atoms. The average Bonchev–Trinajstić information content (AvgIpc) is 2.83. The molecule has 78 valence electrons. The van der Waals surface area contributed by atoms with Crippen molar-refractivity contribution in [3.8, 4) is 0 Å². The van der Waals surface area contributed by atoms with E-state index in [-0.39, 0.29) is 0 Å². The summed E-state index contributed by atoms with van der Waals surface area (Å²) in [6, 6.07) is 0. The Kier molecular flexibility index (Phi) is 5.43. The summed E-state index contributed by atoms with van der Waals surface area (Å²) in [7, 11) is 1.52. The van der Waals surface area contributed by atoms with Gasteiger partial charge in [-0.05, 0) is 0 Å². The molecule has 0 fully saturated rings. The zero-order valence-electron chi connectivity index (χ0n) is 8.84. The van der Waals surface area contributed by atoms with E-state index < -0.39 is 30.0 Å². The molecule has 12 heteroatoms. The van der Waals surface area contributed by atoms with Gasteiger partial charge in [0.05, 0.1) is 0 Å². The van der Waals surface area contributed by atoms with Crippen LogP contribution < -0.4 is 14.3 Å². The maximum absolute atomic E-state index is 5.59. The second-order valence-electron chi connectivity index (χ2n) is 2.91. The Bertz CT molecular complexity index is 421. The minimum Gasteiger partial charge on any atom is -0.627 e. The molecule has 0 radical (unpaired) electrons. The Morgan fingerprint density at radius 2 is 1.81 bits per heavy atom. The topological polar surface area (TPSA) is 87.1 Å². The van der Waals surface area contributed by atoms with Gasteiger partial charge in [0, 0.05) is 0 Å². The molecule has 2 rings (SSSR count). The van der Waals surface area contributed by atoms with E-state index in [0.717, 1.165) is 37.3 Å². The van der Waals surface area contributed by atoms with Crippen molar-refractivity contribution in [3.05, 3.63) is 0 Å². The van der Waals surface area contributed by atoms with Gasteiger partial charge in [0.15, 0.2) is 4.75 Å². The van der Waals surface area contributed by atoms with Crippen molar-refractivity contribution in [1.29, 1.82) is 0 Å². The lowest BCUT2D eigenvalue weighted by atomic mass is 11.5. The molecule has 2 heterocycles. The van der Waals surface area contributed by atoms with Gasteiger partial charge in [0.25, 0.3) is 5.22 Å². The Morgan fingerprint density at radius 1 is 1.06 bits per heavy atom. The maximum Gasteiger partial charge on any atom is 0.534 e. The highest BCUT2D eigenvalue weighted by molar-refractivity contribution is 8.21. The number of hydrogen-bond donors (Lipinski definition) is 0. The van der Waals surface area contributed by atoms with Crippen LogP contribution in [0.2, 0.25) is 0 Å². The maximum atomic E-state index is 5.59. The van der Waals surface area contributed by atoms with Crippen molar-refractivity contribution in [2.24, 2.45) is 0 Å². The van der Waals surface area contributed by atoms with Crippen LogP contribution in [0.1, 0.15) is 0 Å². The third-order valence-electron chi connectivity index (χ3n) is 1.57. The summed E-state index contributed by atoms with van der Waals surface area (Å²) in [5, 5.41) is 16.0. The average molecular weight is 298 g/mol. The van der Waals surface area contributed by atoms with Crippen LogP contribution in [0, 0.1) is 0 Å². The molecule has 0 atom stereocenters. The standard InChI is InChI=1S/C2HN2OS.C2N2O.4Al.O.6H/c6-2-4-3-1-5-2;1-3-4-2-5-1;;;;;;;;;;;/h(H,4,6);;;;;;;;;;;;/q;;;;;+1;;;;;;;/p-1. The number of hydrogen-bond acceptors (Lipinski definition) is 8. The summed E-state index contributed by atoms with van der Waals surface area (Å²) in [5.74, 6) is 0. The second-order valence-corrected chi connectivity index (χ2v) is 9.60. The van der Waals surface area contributed by atoms with Crippen LogP contribution in [0.15, 0.2) is 14.1 Å². The SMILES string of the molecule is [AlH2][c]1nn[c]([AlH][O][AlH][S]c2nn[c]([AlH2])o2)o1. The number of rotatable bonds is 5. The number of nitrogens with zero attached hydrogens (tertiary/aromatic N) is 4. The van der Waals surface area contributed by atoms with Gasteiger partial charge in [-0.15, -0.1) is 30.5 Å². The molecule has 0 amide bonds. The predicted molar refractivity (Wildman–Crippen MR) is 65.8 cm³/mol. The van der Waals surface area contributed by atoms with Crippen LogP contribution in [-0.4, -0.2) is 82.9 Å². The molecule has 0 aromatic carbocycles. The van der Waals surface area contributed by atoms with E-state index in [4.69, 9.17) is 11.7 Å². The fourth-order valence-electron chi connectivity index (χ4n) is 0.954. The van der Waals surface area contributed by atoms with Gasteiger partial charge in [0.1, 0.15) is 9.51 Å². The molecular formula is C4H6Al4N4O3S. The van der Waals surface area contributed by atoms with Crippen molar-refractivity contribution in [2.75, 3.05) is 0 Å². The predicted octanol–water partition coefficient (Wildman–Crippen LogP) is -4.98. The van der Waals surface area contributed by atoms with Crippen LogP contribution in [0.25, 0.3) is 0 Å². The minimum absolute atomic E-state index is 0.611. The molecule has 2 aromatic heterocycles. The molecule has 0 aliphatic carbocycles. The Morgan fingerprint density at radius 3 is 2.44 bits per heavy atom. The first-order chi connectivity index (χ1) is 7.74. The van der Waals surface area contributed by atoms with Gasteiger partial charge in [-0.25, -0.2) is 0 Å². The molecule has 0 unspecified atom stereocenters. The summed E-state index contributed by atoms with van der Waals surface area (Å²) < 4.78 is 18.2. The molecule has 0 aliphatic rings. The smallest absolute Gasteiger partial charge is 0.534 e. The third kappa shape index (κ3) is 4.19. The zero-order chi connectivity index (χ0) is 11.4. The van der Waals surface area contributed by atoms with E-state index in [1.165, 1.54) is 10.1 Å². The highest BCUT2D eigenvalue weighted by Crippen LogP contribution is 2.09. The number of aromatic nitrogens is 4. The summed E-state index contributed by atoms with van der Waals surface area (Å²) >= 11 is -0.00783. The largest absolute Gasteiger partial charge is 0.627 e. The lowest BCUT2D eigenvalue weighted by Gasteiger charge is -1.95. The first kappa shape index (κ1) is 13.2. The van der Waals surface area contributed by atoms with Crippen molar-refractivity contribution in [2.45, 2.75) is 5.22 Å². The van der Waals surface area contributed by atoms with Gasteiger partial charge in [-0.2, -0.15) is 0 Å². The third-order valence-corrected chi connectivity index (χ3v) is 7.51. The second kappa shape index (κ2) is 6.60. The van der Waals surface area contributed by atoms with Gasteiger partial charge in [0.2, 0.25) is 0 Å². The first-order valence-electron chi connectivity index (χ1n) is 4.53. The zero-order valence-corrected chi connectivity index (χ0v) is 16.5. The lowest BCUT2D eigenvalue weighted by Crippen LogP contribution is -2.20. The van der Waals surface area contributed by atoms with Crippen LogP contribution in [0.5, 0.6) is 0 Å². The van der Waals surface area contributed by atoms with Crippen LogP contribution in [-0.2, 0) is 2.84 Å². The van der Waals surface area contributed by atoms with Crippen LogP contribution >= 0.6 is 10.1 Å². The quantitative estimate of drug-likeness (QED) is 0.401. The van der Waals surface area contributed by atoms with E-state index in [0.29, 0.717) is 14.7 Å². The van der Waals surface area contributed by atoms with Crippen LogP contribution in [0.3, 0.4) is 0 Å². The summed E-state index contributed by atoms with van der Waals surface area (Å²) in [4.78, 5) is 0. The molecule has 0 spiro atoms. The molecule has 7 nitrogen and oxygen atoms in total. The van der Waals surface area contributed by atoms with Gasteiger partial charge < -0.3 is 11.7 Å². The lowest BCUT2D eigenvalue weighted by molar-refractivity contribution is 0.481. The minimum atomic E-state index is -0.858. The Labute approximate surface area is 123 Å². The highest BCUT2D eigenvalue weighted by Gasteiger charge is 2.10. The highest BCUT2D eigenvalue weighted by atomic mass is 32.3. The normalized spacial score (nSPS) is 10.2. The van der Waals surface area contributed by atoms with E-state index in [9.17, 15) is 0 Å². The van der Waals surface area contributed by atoms with Crippen molar-refractivity contribution >= 4 is 86.9 Å². The molecule has 0 saturated heterocycles. The molecule has 2 aromatic rings. The van der Waals surface area contributed by atoms with Crippen molar-refractivity contribution in [1.82, 2.24) is 20.4 Å². The molecule has 0 bridgehead atoms. The fraction of sp³-hybridized carbons (Fsp3) is 0.